The first-order valence-electron chi connectivity index (χ1n) is 35.9. The van der Waals surface area contributed by atoms with E-state index in [4.69, 9.17) is 348 Å². The van der Waals surface area contributed by atoms with Crippen molar-refractivity contribution in [3.05, 3.63) is 29.3 Å². The van der Waals surface area contributed by atoms with Gasteiger partial charge in [-0.05, 0) is 56.2 Å². The van der Waals surface area contributed by atoms with Gasteiger partial charge in [-0.15, -0.1) is 0 Å². The Hall–Kier alpha value is 4.72. The molecule has 2 aliphatic rings. The zero-order valence-electron chi connectivity index (χ0n) is 61.9. The summed E-state index contributed by atoms with van der Waals surface area (Å²) in [5.74, 6) is 0. The van der Waals surface area contributed by atoms with Gasteiger partial charge in [0.25, 0.3) is 0 Å². The van der Waals surface area contributed by atoms with Crippen molar-refractivity contribution in [3.63, 3.8) is 0 Å². The van der Waals surface area contributed by atoms with Crippen molar-refractivity contribution in [2.24, 2.45) is 0 Å². The Morgan fingerprint density at radius 2 is 0.462 bits per heavy atom. The summed E-state index contributed by atoms with van der Waals surface area (Å²) in [6, 6.07) is 7.45. The molecule has 1 fully saturated rings. The Morgan fingerprint density at radius 1 is 0.274 bits per heavy atom. The SMILES string of the molecule is CN1CCC(Nc2ccc3c(c2)CNC3)CC1.[B][B]B(B([B])[B])B(B([B])[B])B(B(B(B([B])[B])B([B])[B])B(B([B])[B])B([B])[B])B(B(B(B(B([B])[B])B([B])[B])B(B([B])[B])B([B])[B])B(B(B([B])[B])B([B])[B])B(B([B])[B])B([B])[B])B(B(B(B([B])[B])B([B])[B])B(B([B])[B])B([B])[B])B(B(B([B])[B])B([B])[B])B(B([B])[B])B([B])[B]. The summed E-state index contributed by atoms with van der Waals surface area (Å²) in [4.78, 5) is 2.41. The van der Waals surface area contributed by atoms with Gasteiger partial charge < -0.3 is 15.5 Å². The molecule has 3 nitrogen and oxygen atoms in total. The highest BCUT2D eigenvalue weighted by Gasteiger charge is 2.67. The summed E-state index contributed by atoms with van der Waals surface area (Å²) in [7, 11) is 317. The van der Waals surface area contributed by atoms with Gasteiger partial charge in [0.15, 0.2) is 0 Å². The Bertz CT molecular complexity index is 2150. The average Bonchev–Trinajstić information content (AvgIpc) is 0.751. The molecule has 2 heterocycles. The molecule has 2 aliphatic heterocycles. The molecule has 0 bridgehead atoms. The molecule has 0 amide bonds. The van der Waals surface area contributed by atoms with Crippen LogP contribution in [0.3, 0.4) is 0 Å². The number of likely N-dealkylation sites (tertiary alicyclic amines) is 1. The fraction of sp³-hybridized carbons (Fsp3) is 0.571. The molecule has 92 heteroatoms. The molecule has 1 saturated heterocycles. The number of hydrogen-bond donors (Lipinski definition) is 2. The zero-order chi connectivity index (χ0) is 82.2. The van der Waals surface area contributed by atoms with Crippen LogP contribution < -0.4 is 10.6 Å². The van der Waals surface area contributed by atoms with Crippen LogP contribution >= 0.6 is 0 Å². The topological polar surface area (TPSA) is 27.3 Å². The molecule has 1 aromatic rings. The summed E-state index contributed by atoms with van der Waals surface area (Å²) >= 11 is 0. The standard InChI is InChI=1S/C14H21N3.B89/c1-17-6-4-13(5-7-17)16-14-3-2-11-9-15-10-12(11)8-14;1-46-69(47(2)3)80(68(44)45)86(81(70(48(4)5)49(6)7)71(50(8)9)51(10)11)89(87(82(72(52(12)13)53(14)15)73(54(16)17)55(18)19)83(74(56(20)21)57(22)23)75(58(24)25)59(26)27)88(84(76(60(28)29)61(30)31)77(62(32)33)63(34)35)85(78(64(36)37)65(38)39)79(66(40)41)67(42)43/h2-3,8,13,15-16H,4-7,9-10H2,1H3;. The Kier molecular flexibility index (Phi) is 50.6. The average molecular weight is 1190 g/mol. The molecule has 2 N–H and O–H groups in total. The van der Waals surface area contributed by atoms with Crippen LogP contribution in [0.25, 0.3) is 0 Å². The third-order valence-corrected chi connectivity index (χ3v) is 22.8. The lowest BCUT2D eigenvalue weighted by molar-refractivity contribution is 0.264. The molecule has 0 aromatic heterocycles. The summed E-state index contributed by atoms with van der Waals surface area (Å²) in [5.41, 5.74) is 4.21. The first kappa shape index (κ1) is 107. The highest BCUT2D eigenvalue weighted by atomic mass is 15.1. The second kappa shape index (κ2) is 50.2. The maximum absolute atomic E-state index is 7.29. The molecule has 359 valence electrons. The number of anilines is 1. The number of fused-ring (bicyclic) bond motifs is 1. The second-order valence-electron chi connectivity index (χ2n) is 30.3. The first-order chi connectivity index (χ1) is 48.8. The van der Waals surface area contributed by atoms with Gasteiger partial charge in [-0.3, -0.25) is 0 Å². The van der Waals surface area contributed by atoms with Gasteiger partial charge in [0.1, 0.15) is 0 Å². The van der Waals surface area contributed by atoms with Crippen molar-refractivity contribution in [3.8, 4) is 0 Å². The van der Waals surface area contributed by atoms with Gasteiger partial charge in [0.05, 0.1) is 0 Å². The molecule has 0 atom stereocenters. The van der Waals surface area contributed by atoms with Crippen LogP contribution in [0, 0.1) is 0 Å². The van der Waals surface area contributed by atoms with Crippen LogP contribution in [0.1, 0.15) is 24.0 Å². The van der Waals surface area contributed by atoms with Crippen LogP contribution in [0.2, 0.25) is 0 Å². The molecule has 0 aliphatic carbocycles. The van der Waals surface area contributed by atoms with Crippen LogP contribution in [-0.2, 0) is 13.1 Å². The molecular formula is C14H21B89N3. The molecule has 0 saturated carbocycles. The fourth-order valence-corrected chi connectivity index (χ4v) is 18.7. The Labute approximate surface area is 725 Å². The van der Waals surface area contributed by atoms with Crippen LogP contribution in [0.15, 0.2) is 18.2 Å². The molecule has 106 heavy (non-hydrogen) atoms. The minimum Gasteiger partial charge on any atom is -0.382 e. The van der Waals surface area contributed by atoms with E-state index in [0.29, 0.717) is 6.04 Å². The van der Waals surface area contributed by atoms with E-state index in [1.165, 1.54) is 42.7 Å². The van der Waals surface area contributed by atoms with Crippen molar-refractivity contribution in [2.75, 3.05) is 25.5 Å². The normalized spacial score (nSPS) is 11.7. The highest BCUT2D eigenvalue weighted by Crippen LogP contribution is 2.30. The van der Waals surface area contributed by atoms with Gasteiger partial charge in [0, 0.05) is 655 Å². The van der Waals surface area contributed by atoms with E-state index in [9.17, 15) is 0 Å². The number of nitrogens with one attached hydrogen (secondary N) is 2. The van der Waals surface area contributed by atoms with Gasteiger partial charge in [-0.25, -0.2) is 0 Å². The van der Waals surface area contributed by atoms with Crippen LogP contribution in [0.4, 0.5) is 5.69 Å². The Morgan fingerprint density at radius 3 is 0.651 bits per heavy atom. The predicted octanol–water partition coefficient (Wildman–Crippen LogP) is -32.1. The van der Waals surface area contributed by atoms with Crippen molar-refractivity contribution < 1.29 is 0 Å². The highest BCUT2D eigenvalue weighted by molar-refractivity contribution is 8.42. The van der Waals surface area contributed by atoms with Crippen LogP contribution in [-0.4, -0.2) is 661 Å². The van der Waals surface area contributed by atoms with Crippen molar-refractivity contribution in [1.82, 2.24) is 10.2 Å². The van der Waals surface area contributed by atoms with E-state index in [-0.39, 0.29) is 0 Å². The Balaban J connectivity index is 0.00000192. The lowest BCUT2D eigenvalue weighted by Gasteiger charge is -2.62. The molecule has 0 spiro atoms. The zero-order valence-corrected chi connectivity index (χ0v) is 61.9. The van der Waals surface area contributed by atoms with Gasteiger partial charge in [0.2, 0.25) is 0 Å². The van der Waals surface area contributed by atoms with E-state index in [2.05, 4.69) is 40.8 Å². The van der Waals surface area contributed by atoms with E-state index in [1.807, 2.05) is 0 Å². The predicted molar refractivity (Wildman–Crippen MR) is 583 cm³/mol. The van der Waals surface area contributed by atoms with Crippen LogP contribution in [0.5, 0.6) is 0 Å². The minimum atomic E-state index is -2.09. The third-order valence-electron chi connectivity index (χ3n) is 22.8. The molecular weight excluding hydrogens is 1170 g/mol. The van der Waals surface area contributed by atoms with E-state index in [0.717, 1.165) is 20.2 Å². The summed E-state index contributed by atoms with van der Waals surface area (Å²) in [6.45, 7) is 4.48. The molecule has 1 aromatic carbocycles. The minimum absolute atomic E-state index is 0.651. The lowest BCUT2D eigenvalue weighted by Crippen LogP contribution is -3.00. The smallest absolute Gasteiger partial charge is 0.0345 e. The quantitative estimate of drug-likeness (QED) is 0.0638. The van der Waals surface area contributed by atoms with E-state index < -0.39 is 275 Å². The van der Waals surface area contributed by atoms with Gasteiger partial charge >= 0.3 is 0 Å². The monoisotopic (exact) mass is 1210 g/mol. The summed E-state index contributed by atoms with van der Waals surface area (Å²) in [5, 5.41) is 7.07. The molecule has 0 unspecified atom stereocenters. The third kappa shape index (κ3) is 29.2. The number of rotatable bonds is 45. The summed E-state index contributed by atoms with van der Waals surface area (Å²) < 4.78 is 0. The van der Waals surface area contributed by atoms with E-state index in [1.54, 1.807) is 0 Å². The van der Waals surface area contributed by atoms with Crippen molar-refractivity contribution in [1.29, 1.82) is 0 Å². The fourth-order valence-electron chi connectivity index (χ4n) is 18.7. The maximum Gasteiger partial charge on any atom is 0.0345 e. The van der Waals surface area contributed by atoms with Crippen molar-refractivity contribution in [2.45, 2.75) is 32.0 Å². The number of piperidine rings is 1. The number of hydrogen-bond acceptors (Lipinski definition) is 3. The first-order valence-corrected chi connectivity index (χ1v) is 35.9. The summed E-state index contributed by atoms with van der Waals surface area (Å²) in [6.07, 6.45) is -73.4. The maximum atomic E-state index is 7.29. The molecule has 91 radical (unpaired) electrons. The lowest BCUT2D eigenvalue weighted by atomic mass is 8.19. The van der Waals surface area contributed by atoms with E-state index >= 15 is 0 Å². The van der Waals surface area contributed by atoms with Crippen molar-refractivity contribution >= 4 is 635 Å². The largest absolute Gasteiger partial charge is 0.382 e. The number of nitrogens with zero attached hydrogens (tertiary/aromatic N) is 1. The number of benzene rings is 1. The van der Waals surface area contributed by atoms with Gasteiger partial charge in [-0.2, -0.15) is 0 Å². The van der Waals surface area contributed by atoms with Gasteiger partial charge in [-0.1, -0.05) is 6.07 Å². The second-order valence-corrected chi connectivity index (χ2v) is 30.3. The molecule has 3 rings (SSSR count).